The average Bonchev–Trinajstić information content (AvgIpc) is 3.27. The Balaban J connectivity index is 1.37. The SMILES string of the molecule is OC[C@H]1O[C@H](OC[C@H]2O[C@H](OC[C@H]3O[C@@](CO)(O[C@H]4O[C@H](CO)[C@@H](O)[C@H](O)[C@H]4O)[C@@H](O)[C@@H]3O)[C@H](O)[C@@H](O)[C@H]2O)[C@H](O)[C@@H](O)[C@H]1O. The van der Waals surface area contributed by atoms with Crippen LogP contribution < -0.4 is 0 Å². The van der Waals surface area contributed by atoms with Crippen LogP contribution in [0.2, 0.25) is 0 Å². The summed E-state index contributed by atoms with van der Waals surface area (Å²) in [4.78, 5) is 0. The van der Waals surface area contributed by atoms with Crippen LogP contribution in [0.4, 0.5) is 0 Å². The van der Waals surface area contributed by atoms with Crippen molar-refractivity contribution in [1.82, 2.24) is 0 Å². The van der Waals surface area contributed by atoms with Gasteiger partial charge >= 0.3 is 0 Å². The van der Waals surface area contributed by atoms with Crippen LogP contribution in [0, 0.1) is 0 Å². The Labute approximate surface area is 254 Å². The van der Waals surface area contributed by atoms with Crippen LogP contribution in [-0.2, 0) is 33.2 Å². The molecule has 4 aliphatic heterocycles. The Hall–Kier alpha value is -0.840. The molecule has 4 aliphatic rings. The van der Waals surface area contributed by atoms with Crippen molar-refractivity contribution in [2.75, 3.05) is 33.0 Å². The summed E-state index contributed by atoms with van der Waals surface area (Å²) in [6.07, 6.45) is -31.1. The maximum absolute atomic E-state index is 10.7. The molecule has 14 N–H and O–H groups in total. The van der Waals surface area contributed by atoms with E-state index in [1.54, 1.807) is 0 Å². The van der Waals surface area contributed by atoms with Gasteiger partial charge in [0.05, 0.1) is 26.4 Å². The summed E-state index contributed by atoms with van der Waals surface area (Å²) in [5.41, 5.74) is 0. The van der Waals surface area contributed by atoms with Gasteiger partial charge in [-0.25, -0.2) is 0 Å². The molecule has 0 unspecified atom stereocenters. The smallest absolute Gasteiger partial charge is 0.224 e. The fourth-order valence-corrected chi connectivity index (χ4v) is 5.40. The number of ether oxygens (including phenoxy) is 7. The summed E-state index contributed by atoms with van der Waals surface area (Å²) in [5, 5.41) is 141. The van der Waals surface area contributed by atoms with Crippen molar-refractivity contribution >= 4 is 0 Å². The summed E-state index contributed by atoms with van der Waals surface area (Å²) in [7, 11) is 0. The van der Waals surface area contributed by atoms with Crippen LogP contribution >= 0.6 is 0 Å². The first kappa shape index (κ1) is 37.0. The van der Waals surface area contributed by atoms with Crippen molar-refractivity contribution in [1.29, 1.82) is 0 Å². The fraction of sp³-hybridized carbons (Fsp3) is 1.00. The van der Waals surface area contributed by atoms with Gasteiger partial charge < -0.3 is 105 Å². The van der Waals surface area contributed by atoms with Crippen molar-refractivity contribution in [3.8, 4) is 0 Å². The monoisotopic (exact) mass is 666 g/mol. The molecule has 0 bridgehead atoms. The lowest BCUT2D eigenvalue weighted by atomic mass is 9.98. The molecule has 0 aromatic heterocycles. The third kappa shape index (κ3) is 7.29. The number of hydrogen-bond donors (Lipinski definition) is 14. The molecule has 0 spiro atoms. The van der Waals surface area contributed by atoms with E-state index in [0.29, 0.717) is 0 Å². The van der Waals surface area contributed by atoms with E-state index in [4.69, 9.17) is 33.2 Å². The van der Waals surface area contributed by atoms with Gasteiger partial charge in [-0.2, -0.15) is 0 Å². The molecule has 0 radical (unpaired) electrons. The van der Waals surface area contributed by atoms with Crippen LogP contribution in [0.5, 0.6) is 0 Å². The molecule has 4 rings (SSSR count). The number of aliphatic hydroxyl groups is 14. The number of aliphatic hydroxyl groups excluding tert-OH is 14. The van der Waals surface area contributed by atoms with Gasteiger partial charge in [0.25, 0.3) is 0 Å². The highest BCUT2D eigenvalue weighted by Gasteiger charge is 2.59. The largest absolute Gasteiger partial charge is 0.394 e. The Morgan fingerprint density at radius 1 is 0.444 bits per heavy atom. The van der Waals surface area contributed by atoms with E-state index in [1.165, 1.54) is 0 Å². The maximum atomic E-state index is 10.7. The van der Waals surface area contributed by atoms with Crippen molar-refractivity contribution < 1.29 is 105 Å². The molecular weight excluding hydrogens is 624 g/mol. The van der Waals surface area contributed by atoms with Crippen LogP contribution in [0.1, 0.15) is 0 Å². The normalized spacial score (nSPS) is 52.7. The molecule has 0 aliphatic carbocycles. The molecular formula is C24H42O21. The predicted molar refractivity (Wildman–Crippen MR) is 134 cm³/mol. The average molecular weight is 667 g/mol. The Morgan fingerprint density at radius 2 is 0.844 bits per heavy atom. The van der Waals surface area contributed by atoms with Crippen LogP contribution in [0.15, 0.2) is 0 Å². The van der Waals surface area contributed by atoms with Gasteiger partial charge in [0.2, 0.25) is 5.79 Å². The highest BCUT2D eigenvalue weighted by Crippen LogP contribution is 2.37. The van der Waals surface area contributed by atoms with Gasteiger partial charge in [0.15, 0.2) is 18.9 Å². The molecule has 0 aromatic rings. The second-order valence-corrected chi connectivity index (χ2v) is 11.3. The van der Waals surface area contributed by atoms with Crippen LogP contribution in [-0.4, -0.2) is 221 Å². The molecule has 21 heteroatoms. The molecule has 19 atom stereocenters. The zero-order valence-electron chi connectivity index (χ0n) is 23.5. The third-order valence-electron chi connectivity index (χ3n) is 8.26. The first-order valence-electron chi connectivity index (χ1n) is 14.1. The number of rotatable bonds is 11. The lowest BCUT2D eigenvalue weighted by Gasteiger charge is -2.43. The molecule has 0 aromatic carbocycles. The first-order valence-corrected chi connectivity index (χ1v) is 14.1. The Bertz CT molecular complexity index is 929. The van der Waals surface area contributed by atoms with E-state index < -0.39 is 149 Å². The molecule has 21 nitrogen and oxygen atoms in total. The fourth-order valence-electron chi connectivity index (χ4n) is 5.40. The van der Waals surface area contributed by atoms with Crippen LogP contribution in [0.3, 0.4) is 0 Å². The molecule has 264 valence electrons. The lowest BCUT2D eigenvalue weighted by molar-refractivity contribution is -0.385. The minimum atomic E-state index is -2.50. The van der Waals surface area contributed by atoms with Crippen LogP contribution in [0.25, 0.3) is 0 Å². The molecule has 4 saturated heterocycles. The second-order valence-electron chi connectivity index (χ2n) is 11.3. The van der Waals surface area contributed by atoms with Crippen molar-refractivity contribution in [2.45, 2.75) is 116 Å². The second kappa shape index (κ2) is 15.1. The van der Waals surface area contributed by atoms with E-state index >= 15 is 0 Å². The zero-order chi connectivity index (χ0) is 33.4. The predicted octanol–water partition coefficient (Wildman–Crippen LogP) is -9.75. The molecule has 0 saturated carbocycles. The molecule has 4 heterocycles. The Kier molecular flexibility index (Phi) is 12.5. The molecule has 4 fully saturated rings. The minimum Gasteiger partial charge on any atom is -0.394 e. The van der Waals surface area contributed by atoms with Crippen molar-refractivity contribution in [3.63, 3.8) is 0 Å². The van der Waals surface area contributed by atoms with Crippen molar-refractivity contribution in [3.05, 3.63) is 0 Å². The minimum absolute atomic E-state index is 0.644. The van der Waals surface area contributed by atoms with Gasteiger partial charge in [-0.3, -0.25) is 0 Å². The summed E-state index contributed by atoms with van der Waals surface area (Å²) in [6, 6.07) is 0. The summed E-state index contributed by atoms with van der Waals surface area (Å²) in [5.74, 6) is -2.50. The zero-order valence-corrected chi connectivity index (χ0v) is 23.5. The van der Waals surface area contributed by atoms with Gasteiger partial charge in [-0.15, -0.1) is 0 Å². The van der Waals surface area contributed by atoms with Gasteiger partial charge in [-0.05, 0) is 0 Å². The molecule has 45 heavy (non-hydrogen) atoms. The highest BCUT2D eigenvalue weighted by molar-refractivity contribution is 4.99. The van der Waals surface area contributed by atoms with Crippen molar-refractivity contribution in [2.24, 2.45) is 0 Å². The molecule has 0 amide bonds. The van der Waals surface area contributed by atoms with Gasteiger partial charge in [0, 0.05) is 0 Å². The van der Waals surface area contributed by atoms with E-state index in [0.717, 1.165) is 0 Å². The van der Waals surface area contributed by atoms with E-state index in [1.807, 2.05) is 0 Å². The highest BCUT2D eigenvalue weighted by atomic mass is 16.8. The first-order chi connectivity index (χ1) is 21.2. The van der Waals surface area contributed by atoms with E-state index in [-0.39, 0.29) is 0 Å². The quantitative estimate of drug-likeness (QED) is 0.0973. The third-order valence-corrected chi connectivity index (χ3v) is 8.26. The maximum Gasteiger partial charge on any atom is 0.224 e. The Morgan fingerprint density at radius 3 is 1.31 bits per heavy atom. The van der Waals surface area contributed by atoms with E-state index in [2.05, 4.69) is 0 Å². The van der Waals surface area contributed by atoms with Gasteiger partial charge in [-0.1, -0.05) is 0 Å². The lowest BCUT2D eigenvalue weighted by Crippen LogP contribution is -2.62. The number of hydrogen-bond acceptors (Lipinski definition) is 21. The summed E-state index contributed by atoms with van der Waals surface area (Å²) < 4.78 is 37.6. The summed E-state index contributed by atoms with van der Waals surface area (Å²) in [6.45, 7) is -4.05. The van der Waals surface area contributed by atoms with Gasteiger partial charge in [0.1, 0.15) is 98.2 Å². The standard InChI is InChI=1S/C24H42O21/c25-1-6-10(28)14(32)17(35)21(41-6)39-3-8-12(30)16(34)18(36)22(43-8)40-4-9-13(31)20(38)24(5-27,44-9)45-23-19(37)15(33)11(29)7(2-26)42-23/h6-23,25-38H,1-5H2/t6-,7-,8-,9-,10+,11-,12+,13-,14+,15+,16+,17-,18-,19-,20+,21+,22+,23-,24+/m1/s1. The summed E-state index contributed by atoms with van der Waals surface area (Å²) >= 11 is 0. The van der Waals surface area contributed by atoms with E-state index in [9.17, 15) is 71.5 Å². The topological polar surface area (TPSA) is 348 Å².